The van der Waals surface area contributed by atoms with Crippen molar-refractivity contribution in [2.75, 3.05) is 5.88 Å². The molecule has 0 spiro atoms. The Kier molecular flexibility index (Phi) is 4.10. The van der Waals surface area contributed by atoms with Crippen molar-refractivity contribution in [1.82, 2.24) is 4.57 Å². The van der Waals surface area contributed by atoms with Gasteiger partial charge in [0.1, 0.15) is 0 Å². The summed E-state index contributed by atoms with van der Waals surface area (Å²) in [7, 11) is 0. The lowest BCUT2D eigenvalue weighted by molar-refractivity contribution is 0.101. The molecule has 1 aliphatic rings. The number of nitrogens with zero attached hydrogens (tertiary/aromatic N) is 1. The highest BCUT2D eigenvalue weighted by Crippen LogP contribution is 2.45. The van der Waals surface area contributed by atoms with Crippen molar-refractivity contribution < 1.29 is 4.79 Å². The SMILES string of the molecule is Cc1cc(C(=O)CCl)c(C)n1C1CCCCC1(C)C. The maximum absolute atomic E-state index is 11.9. The van der Waals surface area contributed by atoms with Crippen LogP contribution in [0, 0.1) is 19.3 Å². The second kappa shape index (κ2) is 5.32. The van der Waals surface area contributed by atoms with E-state index in [2.05, 4.69) is 32.3 Å². The highest BCUT2D eigenvalue weighted by molar-refractivity contribution is 6.30. The molecule has 0 aromatic carbocycles. The average molecular weight is 282 g/mol. The number of halogens is 1. The van der Waals surface area contributed by atoms with E-state index >= 15 is 0 Å². The molecule has 0 amide bonds. The molecule has 3 heteroatoms. The summed E-state index contributed by atoms with van der Waals surface area (Å²) in [5.41, 5.74) is 3.37. The minimum atomic E-state index is 0.0367. The van der Waals surface area contributed by atoms with Crippen molar-refractivity contribution in [3.05, 3.63) is 23.0 Å². The third-order valence-electron chi connectivity index (χ3n) is 4.67. The van der Waals surface area contributed by atoms with Crippen LogP contribution < -0.4 is 0 Å². The first kappa shape index (κ1) is 14.6. The fourth-order valence-electron chi connectivity index (χ4n) is 3.57. The predicted molar refractivity (Wildman–Crippen MR) is 80.2 cm³/mol. The van der Waals surface area contributed by atoms with Crippen molar-refractivity contribution in [2.45, 2.75) is 59.4 Å². The van der Waals surface area contributed by atoms with Gasteiger partial charge in [-0.05, 0) is 38.2 Å². The molecule has 1 saturated carbocycles. The van der Waals surface area contributed by atoms with Gasteiger partial charge in [0.05, 0.1) is 5.88 Å². The summed E-state index contributed by atoms with van der Waals surface area (Å²) in [6.07, 6.45) is 5.06. The van der Waals surface area contributed by atoms with Crippen LogP contribution in [-0.2, 0) is 0 Å². The van der Waals surface area contributed by atoms with Crippen LogP contribution in [0.1, 0.15) is 67.3 Å². The fraction of sp³-hybridized carbons (Fsp3) is 0.688. The van der Waals surface area contributed by atoms with E-state index in [0.717, 1.165) is 11.3 Å². The van der Waals surface area contributed by atoms with Crippen LogP contribution in [0.25, 0.3) is 0 Å². The molecule has 2 nitrogen and oxygen atoms in total. The fourth-order valence-corrected chi connectivity index (χ4v) is 3.71. The zero-order valence-corrected chi connectivity index (χ0v) is 13.2. The lowest BCUT2D eigenvalue weighted by Gasteiger charge is -2.41. The Morgan fingerprint density at radius 2 is 2.11 bits per heavy atom. The summed E-state index contributed by atoms with van der Waals surface area (Å²) in [4.78, 5) is 11.9. The Balaban J connectivity index is 2.45. The van der Waals surface area contributed by atoms with Gasteiger partial charge in [0.2, 0.25) is 0 Å². The van der Waals surface area contributed by atoms with Gasteiger partial charge in [-0.1, -0.05) is 26.7 Å². The summed E-state index contributed by atoms with van der Waals surface area (Å²) < 4.78 is 2.37. The van der Waals surface area contributed by atoms with E-state index < -0.39 is 0 Å². The number of carbonyl (C=O) groups excluding carboxylic acids is 1. The van der Waals surface area contributed by atoms with E-state index in [1.807, 2.05) is 6.07 Å². The summed E-state index contributed by atoms with van der Waals surface area (Å²) in [5.74, 6) is 0.105. The second-order valence-electron chi connectivity index (χ2n) is 6.46. The molecular weight excluding hydrogens is 258 g/mol. The lowest BCUT2D eigenvalue weighted by Crippen LogP contribution is -2.31. The third-order valence-corrected chi connectivity index (χ3v) is 4.91. The highest BCUT2D eigenvalue weighted by atomic mass is 35.5. The number of carbonyl (C=O) groups is 1. The van der Waals surface area contributed by atoms with E-state index in [0.29, 0.717) is 11.5 Å². The van der Waals surface area contributed by atoms with Crippen molar-refractivity contribution in [2.24, 2.45) is 5.41 Å². The Hall–Kier alpha value is -0.760. The molecule has 1 aromatic heterocycles. The van der Waals surface area contributed by atoms with Crippen LogP contribution in [0.4, 0.5) is 0 Å². The van der Waals surface area contributed by atoms with Gasteiger partial charge < -0.3 is 4.57 Å². The molecule has 1 aromatic rings. The molecule has 0 N–H and O–H groups in total. The molecule has 1 aliphatic carbocycles. The van der Waals surface area contributed by atoms with Crippen molar-refractivity contribution in [3.63, 3.8) is 0 Å². The summed E-state index contributed by atoms with van der Waals surface area (Å²) >= 11 is 5.70. The quantitative estimate of drug-likeness (QED) is 0.583. The smallest absolute Gasteiger partial charge is 0.179 e. The van der Waals surface area contributed by atoms with E-state index in [4.69, 9.17) is 11.6 Å². The minimum absolute atomic E-state index is 0.0367. The molecular formula is C16H24ClNO. The first-order valence-corrected chi connectivity index (χ1v) is 7.69. The number of aryl methyl sites for hydroxylation is 1. The van der Waals surface area contributed by atoms with Crippen molar-refractivity contribution in [1.29, 1.82) is 0 Å². The predicted octanol–water partition coefficient (Wildman–Crippen LogP) is 4.67. The van der Waals surface area contributed by atoms with E-state index in [1.165, 1.54) is 31.4 Å². The average Bonchev–Trinajstić information content (AvgIpc) is 2.64. The van der Waals surface area contributed by atoms with E-state index in [9.17, 15) is 4.79 Å². The molecule has 0 aliphatic heterocycles. The normalized spacial score (nSPS) is 22.5. The van der Waals surface area contributed by atoms with Crippen LogP contribution >= 0.6 is 11.6 Å². The highest BCUT2D eigenvalue weighted by Gasteiger charge is 2.35. The maximum atomic E-state index is 11.9. The van der Waals surface area contributed by atoms with Gasteiger partial charge in [-0.3, -0.25) is 4.79 Å². The van der Waals surface area contributed by atoms with Gasteiger partial charge in [-0.2, -0.15) is 0 Å². The van der Waals surface area contributed by atoms with Crippen LogP contribution in [0.3, 0.4) is 0 Å². The van der Waals surface area contributed by atoms with Gasteiger partial charge in [-0.15, -0.1) is 11.6 Å². The summed E-state index contributed by atoms with van der Waals surface area (Å²) in [6.45, 7) is 8.84. The lowest BCUT2D eigenvalue weighted by atomic mass is 9.73. The van der Waals surface area contributed by atoms with Crippen LogP contribution in [0.15, 0.2) is 6.07 Å². The van der Waals surface area contributed by atoms with Gasteiger partial charge in [0, 0.05) is 23.0 Å². The zero-order chi connectivity index (χ0) is 14.2. The Bertz CT molecular complexity index is 487. The standard InChI is InChI=1S/C16H24ClNO/c1-11-9-13(14(19)10-17)12(2)18(11)15-7-5-6-8-16(15,3)4/h9,15H,5-8,10H2,1-4H3. The Morgan fingerprint density at radius 3 is 2.68 bits per heavy atom. The van der Waals surface area contributed by atoms with Gasteiger partial charge in [-0.25, -0.2) is 0 Å². The van der Waals surface area contributed by atoms with Crippen molar-refractivity contribution in [3.8, 4) is 0 Å². The largest absolute Gasteiger partial charge is 0.345 e. The molecule has 1 unspecified atom stereocenters. The molecule has 1 fully saturated rings. The molecule has 0 radical (unpaired) electrons. The number of alkyl halides is 1. The van der Waals surface area contributed by atoms with Gasteiger partial charge in [0.25, 0.3) is 0 Å². The first-order valence-electron chi connectivity index (χ1n) is 7.16. The number of ketones is 1. The topological polar surface area (TPSA) is 22.0 Å². The van der Waals surface area contributed by atoms with Crippen molar-refractivity contribution >= 4 is 17.4 Å². The minimum Gasteiger partial charge on any atom is -0.345 e. The third kappa shape index (κ3) is 2.60. The molecule has 2 rings (SSSR count). The Morgan fingerprint density at radius 1 is 1.42 bits per heavy atom. The van der Waals surface area contributed by atoms with Gasteiger partial charge >= 0.3 is 0 Å². The maximum Gasteiger partial charge on any atom is 0.179 e. The summed E-state index contributed by atoms with van der Waals surface area (Å²) in [6, 6.07) is 2.50. The van der Waals surface area contributed by atoms with Gasteiger partial charge in [0.15, 0.2) is 5.78 Å². The van der Waals surface area contributed by atoms with Crippen LogP contribution in [0.5, 0.6) is 0 Å². The molecule has 1 atom stereocenters. The number of rotatable bonds is 3. The van der Waals surface area contributed by atoms with Crippen LogP contribution in [-0.4, -0.2) is 16.2 Å². The molecule has 1 heterocycles. The van der Waals surface area contributed by atoms with Crippen LogP contribution in [0.2, 0.25) is 0 Å². The molecule has 19 heavy (non-hydrogen) atoms. The van der Waals surface area contributed by atoms with E-state index in [1.54, 1.807) is 0 Å². The zero-order valence-electron chi connectivity index (χ0n) is 12.4. The molecule has 0 bridgehead atoms. The second-order valence-corrected chi connectivity index (χ2v) is 6.73. The monoisotopic (exact) mass is 281 g/mol. The number of hydrogen-bond acceptors (Lipinski definition) is 1. The first-order chi connectivity index (χ1) is 8.88. The van der Waals surface area contributed by atoms with E-state index in [-0.39, 0.29) is 11.7 Å². The summed E-state index contributed by atoms with van der Waals surface area (Å²) in [5, 5.41) is 0. The number of hydrogen-bond donors (Lipinski definition) is 0. The molecule has 106 valence electrons. The Labute approximate surface area is 121 Å². The number of aromatic nitrogens is 1. The number of Topliss-reactive ketones (excluding diaryl/α,β-unsaturated/α-hetero) is 1. The molecule has 0 saturated heterocycles.